The Hall–Kier alpha value is -2.32. The minimum atomic E-state index is -0.494. The van der Waals surface area contributed by atoms with E-state index in [1.807, 2.05) is 12.3 Å². The molecule has 2 aromatic heterocycles. The van der Waals surface area contributed by atoms with E-state index in [0.717, 1.165) is 44.5 Å². The Morgan fingerprint density at radius 1 is 1.13 bits per heavy atom. The Balaban J connectivity index is 1.32. The quantitative estimate of drug-likeness (QED) is 0.710. The summed E-state index contributed by atoms with van der Waals surface area (Å²) < 4.78 is 9.23. The molecule has 2 fully saturated rings. The van der Waals surface area contributed by atoms with Crippen LogP contribution in [-0.4, -0.2) is 42.9 Å². The number of pyridine rings is 1. The molecule has 1 atom stereocenters. The van der Waals surface area contributed by atoms with Crippen molar-refractivity contribution in [2.24, 2.45) is 5.92 Å². The minimum absolute atomic E-state index is 0.279. The van der Waals surface area contributed by atoms with E-state index in [1.165, 1.54) is 23.9 Å². The zero-order valence-corrected chi connectivity index (χ0v) is 17.3. The van der Waals surface area contributed by atoms with Crippen molar-refractivity contribution in [2.45, 2.75) is 70.4 Å². The van der Waals surface area contributed by atoms with Crippen LogP contribution in [0.5, 0.6) is 0 Å². The highest BCUT2D eigenvalue weighted by molar-refractivity contribution is 5.10. The number of ether oxygens (including phenoxy) is 1. The fourth-order valence-corrected chi connectivity index (χ4v) is 5.20. The molecule has 8 heteroatoms. The summed E-state index contributed by atoms with van der Waals surface area (Å²) in [6.45, 7) is 3.66. The van der Waals surface area contributed by atoms with Crippen LogP contribution in [0, 0.1) is 5.92 Å². The molecule has 1 aliphatic carbocycles. The van der Waals surface area contributed by atoms with Crippen LogP contribution in [0.15, 0.2) is 34.1 Å². The Bertz CT molecular complexity index is 1010. The number of hydrogen-bond acceptors (Lipinski definition) is 6. The van der Waals surface area contributed by atoms with Gasteiger partial charge in [0.1, 0.15) is 12.2 Å². The van der Waals surface area contributed by atoms with Gasteiger partial charge in [-0.15, -0.1) is 0 Å². The monoisotopic (exact) mass is 411 g/mol. The smallest absolute Gasteiger partial charge is 0.332 e. The summed E-state index contributed by atoms with van der Waals surface area (Å²) >= 11 is 0. The lowest BCUT2D eigenvalue weighted by Crippen LogP contribution is -2.53. The maximum absolute atomic E-state index is 12.9. The zero-order chi connectivity index (χ0) is 20.6. The van der Waals surface area contributed by atoms with Crippen molar-refractivity contribution in [2.75, 3.05) is 13.1 Å². The molecule has 1 saturated heterocycles. The van der Waals surface area contributed by atoms with Gasteiger partial charge in [0.25, 0.3) is 0 Å². The minimum Gasteiger partial charge on any atom is -0.364 e. The van der Waals surface area contributed by atoms with E-state index in [-0.39, 0.29) is 6.61 Å². The van der Waals surface area contributed by atoms with E-state index in [4.69, 9.17) is 4.74 Å². The maximum atomic E-state index is 12.9. The Labute approximate surface area is 175 Å². The van der Waals surface area contributed by atoms with E-state index in [2.05, 4.69) is 21.0 Å². The highest BCUT2D eigenvalue weighted by Gasteiger charge is 2.43. The average Bonchev–Trinajstić information content (AvgIpc) is 3.16. The fraction of sp³-hybridized carbons (Fsp3) is 0.636. The van der Waals surface area contributed by atoms with Crippen LogP contribution in [0.3, 0.4) is 0 Å². The number of fused-ring (bicyclic) bond motifs is 1. The van der Waals surface area contributed by atoms with E-state index < -0.39 is 16.7 Å². The summed E-state index contributed by atoms with van der Waals surface area (Å²) in [5.41, 5.74) is -0.214. The van der Waals surface area contributed by atoms with Gasteiger partial charge in [0, 0.05) is 38.6 Å². The summed E-state index contributed by atoms with van der Waals surface area (Å²) in [6, 6.07) is 4.01. The van der Waals surface area contributed by atoms with Crippen molar-refractivity contribution in [3.8, 4) is 0 Å². The van der Waals surface area contributed by atoms with Gasteiger partial charge >= 0.3 is 11.1 Å². The first-order valence-corrected chi connectivity index (χ1v) is 11.1. The Morgan fingerprint density at radius 3 is 2.80 bits per heavy atom. The third kappa shape index (κ3) is 3.86. The highest BCUT2D eigenvalue weighted by Crippen LogP contribution is 2.32. The molecule has 1 spiro atoms. The molecule has 8 nitrogen and oxygen atoms in total. The van der Waals surface area contributed by atoms with Crippen LogP contribution in [0.2, 0.25) is 0 Å². The largest absolute Gasteiger partial charge is 0.364 e. The molecule has 0 radical (unpaired) electrons. The number of nitrogens with zero attached hydrogens (tertiary/aromatic N) is 5. The zero-order valence-electron chi connectivity index (χ0n) is 17.3. The molecular formula is C22H29N5O3. The van der Waals surface area contributed by atoms with E-state index >= 15 is 0 Å². The Morgan fingerprint density at radius 2 is 2.00 bits per heavy atom. The standard InChI is InChI=1S/C22H29N5O3/c28-20-21(29)27(13-17-5-2-1-3-6-17)24-19-14-30-22(16-26(19)20)8-10-25(15-22)12-18-7-4-9-23-11-18/h4,7,9,11,17H,1-3,5-6,8,10,12-16H2/t22-/m1/s1. The molecular weight excluding hydrogens is 382 g/mol. The third-order valence-electron chi connectivity index (χ3n) is 6.84. The van der Waals surface area contributed by atoms with Crippen LogP contribution >= 0.6 is 0 Å². The van der Waals surface area contributed by atoms with Crippen molar-refractivity contribution in [3.63, 3.8) is 0 Å². The van der Waals surface area contributed by atoms with Crippen molar-refractivity contribution in [1.29, 1.82) is 0 Å². The highest BCUT2D eigenvalue weighted by atomic mass is 16.5. The van der Waals surface area contributed by atoms with Crippen LogP contribution in [0.25, 0.3) is 0 Å². The summed E-state index contributed by atoms with van der Waals surface area (Å²) in [7, 11) is 0. The second-order valence-corrected chi connectivity index (χ2v) is 9.09. The van der Waals surface area contributed by atoms with Gasteiger partial charge in [-0.2, -0.15) is 5.10 Å². The van der Waals surface area contributed by atoms with Crippen molar-refractivity contribution in [1.82, 2.24) is 24.2 Å². The summed E-state index contributed by atoms with van der Waals surface area (Å²) in [4.78, 5) is 32.1. The number of hydrogen-bond donors (Lipinski definition) is 0. The van der Waals surface area contributed by atoms with Gasteiger partial charge in [-0.3, -0.25) is 24.0 Å². The van der Waals surface area contributed by atoms with Gasteiger partial charge in [0.15, 0.2) is 5.82 Å². The SMILES string of the molecule is O=c1c(=O)n2c(nn1CC1CCCCC1)CO[C@@]1(CCN(Cc3cccnc3)C1)C2. The predicted octanol–water partition coefficient (Wildman–Crippen LogP) is 1.56. The lowest BCUT2D eigenvalue weighted by atomic mass is 9.89. The van der Waals surface area contributed by atoms with Crippen molar-refractivity contribution >= 4 is 0 Å². The van der Waals surface area contributed by atoms with E-state index in [0.29, 0.717) is 24.8 Å². The van der Waals surface area contributed by atoms with Crippen LogP contribution in [-0.2, 0) is 31.0 Å². The lowest BCUT2D eigenvalue weighted by molar-refractivity contribution is -0.0860. The van der Waals surface area contributed by atoms with Gasteiger partial charge in [-0.25, -0.2) is 4.68 Å². The van der Waals surface area contributed by atoms with Crippen LogP contribution < -0.4 is 11.1 Å². The summed E-state index contributed by atoms with van der Waals surface area (Å²) in [5.74, 6) is 1.02. The molecule has 1 saturated carbocycles. The van der Waals surface area contributed by atoms with Gasteiger partial charge in [0.05, 0.1) is 6.54 Å². The number of likely N-dealkylation sites (tertiary alicyclic amines) is 1. The molecule has 5 rings (SSSR count). The van der Waals surface area contributed by atoms with Gasteiger partial charge in [0.2, 0.25) is 0 Å². The number of aromatic nitrogens is 4. The first-order chi connectivity index (χ1) is 14.6. The molecule has 2 aliphatic heterocycles. The second kappa shape index (κ2) is 8.07. The van der Waals surface area contributed by atoms with Crippen LogP contribution in [0.1, 0.15) is 49.9 Å². The fourth-order valence-electron chi connectivity index (χ4n) is 5.20. The molecule has 4 heterocycles. The average molecular weight is 412 g/mol. The molecule has 160 valence electrons. The molecule has 0 bridgehead atoms. The summed E-state index contributed by atoms with van der Waals surface area (Å²) in [5, 5.41) is 4.53. The second-order valence-electron chi connectivity index (χ2n) is 9.09. The van der Waals surface area contributed by atoms with E-state index in [9.17, 15) is 9.59 Å². The topological polar surface area (TPSA) is 82.2 Å². The van der Waals surface area contributed by atoms with Crippen LogP contribution in [0.4, 0.5) is 0 Å². The number of rotatable bonds is 4. The predicted molar refractivity (Wildman–Crippen MR) is 111 cm³/mol. The molecule has 30 heavy (non-hydrogen) atoms. The molecule has 0 aromatic carbocycles. The van der Waals surface area contributed by atoms with Gasteiger partial charge in [-0.05, 0) is 36.8 Å². The Kier molecular flexibility index (Phi) is 5.28. The van der Waals surface area contributed by atoms with E-state index in [1.54, 1.807) is 10.8 Å². The first kappa shape index (κ1) is 19.6. The molecule has 2 aromatic rings. The molecule has 0 unspecified atom stereocenters. The normalized spacial score (nSPS) is 24.9. The third-order valence-corrected chi connectivity index (χ3v) is 6.84. The summed E-state index contributed by atoms with van der Waals surface area (Å²) in [6.07, 6.45) is 10.4. The van der Waals surface area contributed by atoms with Crippen molar-refractivity contribution < 1.29 is 4.74 Å². The molecule has 3 aliphatic rings. The molecule has 0 amide bonds. The molecule has 0 N–H and O–H groups in total. The maximum Gasteiger partial charge on any atom is 0.332 e. The lowest BCUT2D eigenvalue weighted by Gasteiger charge is -2.35. The van der Waals surface area contributed by atoms with Crippen molar-refractivity contribution in [3.05, 3.63) is 56.6 Å². The first-order valence-electron chi connectivity index (χ1n) is 11.1. The van der Waals surface area contributed by atoms with Gasteiger partial charge in [-0.1, -0.05) is 25.3 Å². The van der Waals surface area contributed by atoms with Gasteiger partial charge < -0.3 is 4.74 Å².